The Morgan fingerprint density at radius 1 is 1.24 bits per heavy atom. The Labute approximate surface area is 122 Å². The van der Waals surface area contributed by atoms with Gasteiger partial charge in [-0.25, -0.2) is 4.98 Å². The summed E-state index contributed by atoms with van der Waals surface area (Å²) in [5.74, 6) is 0.442. The first kappa shape index (κ1) is 14.6. The van der Waals surface area contributed by atoms with Crippen LogP contribution in [0.4, 0.5) is 11.6 Å². The molecule has 7 heteroatoms. The van der Waals surface area contributed by atoms with Gasteiger partial charge in [0.15, 0.2) is 0 Å². The third-order valence-electron chi connectivity index (χ3n) is 2.77. The van der Waals surface area contributed by atoms with Crippen LogP contribution >= 0.6 is 0 Å². The van der Waals surface area contributed by atoms with Crippen molar-refractivity contribution in [3.8, 4) is 11.6 Å². The molecule has 3 N–H and O–H groups in total. The Morgan fingerprint density at radius 2 is 2.00 bits per heavy atom. The van der Waals surface area contributed by atoms with E-state index in [1.54, 1.807) is 31.2 Å². The zero-order chi connectivity index (χ0) is 15.4. The summed E-state index contributed by atoms with van der Waals surface area (Å²) in [6, 6.07) is 6.64. The Bertz CT molecular complexity index is 673. The Kier molecular flexibility index (Phi) is 4.22. The highest BCUT2D eigenvalue weighted by Crippen LogP contribution is 2.25. The van der Waals surface area contributed by atoms with Crippen LogP contribution in [-0.4, -0.2) is 30.1 Å². The van der Waals surface area contributed by atoms with E-state index in [2.05, 4.69) is 15.3 Å². The molecule has 1 aromatic carbocycles. The van der Waals surface area contributed by atoms with Crippen molar-refractivity contribution in [1.82, 2.24) is 9.97 Å². The van der Waals surface area contributed by atoms with Crippen LogP contribution in [-0.2, 0) is 0 Å². The average molecular weight is 288 g/mol. The van der Waals surface area contributed by atoms with Crippen LogP contribution in [0.5, 0.6) is 11.6 Å². The van der Waals surface area contributed by atoms with Crippen LogP contribution in [0, 0.1) is 6.92 Å². The number of methoxy groups -OCH3 is 2. The van der Waals surface area contributed by atoms with E-state index in [-0.39, 0.29) is 11.5 Å². The summed E-state index contributed by atoms with van der Waals surface area (Å²) in [5.41, 5.74) is 7.05. The molecule has 0 bridgehead atoms. The summed E-state index contributed by atoms with van der Waals surface area (Å²) in [6.07, 6.45) is 0. The molecule has 21 heavy (non-hydrogen) atoms. The molecule has 0 saturated carbocycles. The van der Waals surface area contributed by atoms with Crippen LogP contribution in [0.15, 0.2) is 24.3 Å². The van der Waals surface area contributed by atoms with Crippen LogP contribution in [0.3, 0.4) is 0 Å². The smallest absolute Gasteiger partial charge is 0.263 e. The first-order valence-electron chi connectivity index (χ1n) is 6.18. The molecule has 0 fully saturated rings. The van der Waals surface area contributed by atoms with Gasteiger partial charge in [-0.3, -0.25) is 10.1 Å². The van der Waals surface area contributed by atoms with Gasteiger partial charge in [0.05, 0.1) is 14.2 Å². The second kappa shape index (κ2) is 6.08. The van der Waals surface area contributed by atoms with Crippen LogP contribution in [0.1, 0.15) is 16.1 Å². The molecule has 1 heterocycles. The highest BCUT2D eigenvalue weighted by atomic mass is 16.5. The molecule has 0 atom stereocenters. The summed E-state index contributed by atoms with van der Waals surface area (Å²) in [7, 11) is 2.96. The molecule has 110 valence electrons. The standard InChI is InChI=1S/C14H16N4O3/c1-8-7-11(21-3)17-14(16-8)18-13(19)12-9(15)5-4-6-10(12)20-2/h4-7H,15H2,1-3H3,(H,16,17,18,19). The van der Waals surface area contributed by atoms with E-state index in [1.165, 1.54) is 14.2 Å². The van der Waals surface area contributed by atoms with E-state index in [4.69, 9.17) is 15.2 Å². The van der Waals surface area contributed by atoms with E-state index < -0.39 is 5.91 Å². The molecule has 2 rings (SSSR count). The van der Waals surface area contributed by atoms with Crippen molar-refractivity contribution in [2.75, 3.05) is 25.3 Å². The molecule has 0 spiro atoms. The quantitative estimate of drug-likeness (QED) is 0.830. The molecule has 7 nitrogen and oxygen atoms in total. The van der Waals surface area contributed by atoms with Crippen LogP contribution in [0.25, 0.3) is 0 Å². The topological polar surface area (TPSA) is 99.4 Å². The normalized spacial score (nSPS) is 10.0. The van der Waals surface area contributed by atoms with Gasteiger partial charge in [0, 0.05) is 17.4 Å². The zero-order valence-corrected chi connectivity index (χ0v) is 12.0. The fourth-order valence-electron chi connectivity index (χ4n) is 1.83. The number of hydrogen-bond donors (Lipinski definition) is 2. The molecule has 2 aromatic rings. The number of aryl methyl sites for hydroxylation is 1. The van der Waals surface area contributed by atoms with Gasteiger partial charge in [0.1, 0.15) is 11.3 Å². The average Bonchev–Trinajstić information content (AvgIpc) is 2.45. The maximum atomic E-state index is 12.3. The molecule has 0 aliphatic carbocycles. The second-order valence-corrected chi connectivity index (χ2v) is 4.25. The first-order chi connectivity index (χ1) is 10.0. The molecular weight excluding hydrogens is 272 g/mol. The Morgan fingerprint density at radius 3 is 2.67 bits per heavy atom. The number of amides is 1. The molecule has 1 amide bonds. The first-order valence-corrected chi connectivity index (χ1v) is 6.18. The number of nitrogens with zero attached hydrogens (tertiary/aromatic N) is 2. The number of ether oxygens (including phenoxy) is 2. The lowest BCUT2D eigenvalue weighted by Crippen LogP contribution is -2.17. The number of aromatic nitrogens is 2. The van der Waals surface area contributed by atoms with Gasteiger partial charge in [-0.2, -0.15) is 4.98 Å². The van der Waals surface area contributed by atoms with Crippen molar-refractivity contribution in [2.45, 2.75) is 6.92 Å². The predicted molar refractivity (Wildman–Crippen MR) is 78.7 cm³/mol. The number of rotatable bonds is 4. The fraction of sp³-hybridized carbons (Fsp3) is 0.214. The van der Waals surface area contributed by atoms with Gasteiger partial charge in [-0.05, 0) is 19.1 Å². The lowest BCUT2D eigenvalue weighted by atomic mass is 10.1. The van der Waals surface area contributed by atoms with E-state index >= 15 is 0 Å². The molecule has 0 aliphatic rings. The van der Waals surface area contributed by atoms with E-state index in [0.29, 0.717) is 23.0 Å². The minimum Gasteiger partial charge on any atom is -0.496 e. The summed E-state index contributed by atoms with van der Waals surface area (Å²) in [6.45, 7) is 1.78. The van der Waals surface area contributed by atoms with Crippen molar-refractivity contribution in [3.05, 3.63) is 35.5 Å². The minimum atomic E-state index is -0.447. The minimum absolute atomic E-state index is 0.141. The van der Waals surface area contributed by atoms with Gasteiger partial charge in [0.2, 0.25) is 11.8 Å². The molecule has 0 aliphatic heterocycles. The van der Waals surface area contributed by atoms with E-state index in [1.807, 2.05) is 0 Å². The van der Waals surface area contributed by atoms with Crippen LogP contribution < -0.4 is 20.5 Å². The van der Waals surface area contributed by atoms with Gasteiger partial charge in [-0.1, -0.05) is 6.07 Å². The number of benzene rings is 1. The third kappa shape index (κ3) is 3.19. The summed E-state index contributed by atoms with van der Waals surface area (Å²) >= 11 is 0. The van der Waals surface area contributed by atoms with Gasteiger partial charge >= 0.3 is 0 Å². The van der Waals surface area contributed by atoms with Crippen molar-refractivity contribution in [1.29, 1.82) is 0 Å². The van der Waals surface area contributed by atoms with Gasteiger partial charge in [0.25, 0.3) is 5.91 Å². The Balaban J connectivity index is 2.32. The Hall–Kier alpha value is -2.83. The lowest BCUT2D eigenvalue weighted by molar-refractivity contribution is 0.102. The van der Waals surface area contributed by atoms with E-state index in [9.17, 15) is 4.79 Å². The number of hydrogen-bond acceptors (Lipinski definition) is 6. The molecule has 0 saturated heterocycles. The third-order valence-corrected chi connectivity index (χ3v) is 2.77. The van der Waals surface area contributed by atoms with Crippen molar-refractivity contribution in [3.63, 3.8) is 0 Å². The van der Waals surface area contributed by atoms with Crippen LogP contribution in [0.2, 0.25) is 0 Å². The zero-order valence-electron chi connectivity index (χ0n) is 12.0. The molecule has 0 radical (unpaired) electrons. The predicted octanol–water partition coefficient (Wildman–Crippen LogP) is 1.64. The maximum Gasteiger partial charge on any atom is 0.263 e. The van der Waals surface area contributed by atoms with Crippen molar-refractivity contribution < 1.29 is 14.3 Å². The summed E-state index contributed by atoms with van der Waals surface area (Å²) < 4.78 is 10.2. The van der Waals surface area contributed by atoms with E-state index in [0.717, 1.165) is 0 Å². The maximum absolute atomic E-state index is 12.3. The molecule has 1 aromatic heterocycles. The fourth-order valence-corrected chi connectivity index (χ4v) is 1.83. The SMILES string of the molecule is COc1cc(C)nc(NC(=O)c2c(N)cccc2OC)n1. The van der Waals surface area contributed by atoms with Crippen molar-refractivity contribution in [2.24, 2.45) is 0 Å². The molecular formula is C14H16N4O3. The second-order valence-electron chi connectivity index (χ2n) is 4.25. The number of nitrogen functional groups attached to an aromatic ring is 1. The largest absolute Gasteiger partial charge is 0.496 e. The number of carbonyl (C=O) groups excluding carboxylic acids is 1. The van der Waals surface area contributed by atoms with Crippen molar-refractivity contribution >= 4 is 17.5 Å². The summed E-state index contributed by atoms with van der Waals surface area (Å²) in [5, 5.41) is 2.59. The highest BCUT2D eigenvalue weighted by Gasteiger charge is 2.17. The summed E-state index contributed by atoms with van der Waals surface area (Å²) in [4.78, 5) is 20.5. The number of carbonyl (C=O) groups is 1. The monoisotopic (exact) mass is 288 g/mol. The number of nitrogens with one attached hydrogen (secondary N) is 1. The number of anilines is 2. The van der Waals surface area contributed by atoms with Gasteiger partial charge < -0.3 is 15.2 Å². The highest BCUT2D eigenvalue weighted by molar-refractivity contribution is 6.09. The lowest BCUT2D eigenvalue weighted by Gasteiger charge is -2.11. The molecule has 0 unspecified atom stereocenters. The number of nitrogens with two attached hydrogens (primary N) is 1. The van der Waals surface area contributed by atoms with Gasteiger partial charge in [-0.15, -0.1) is 0 Å².